The van der Waals surface area contributed by atoms with E-state index in [9.17, 15) is 19.2 Å². The van der Waals surface area contributed by atoms with Gasteiger partial charge < -0.3 is 0 Å². The zero-order valence-electron chi connectivity index (χ0n) is 10.9. The third-order valence-electron chi connectivity index (χ3n) is 3.76. The first-order valence-electron chi connectivity index (χ1n) is 6.45. The van der Waals surface area contributed by atoms with Crippen molar-refractivity contribution in [2.24, 2.45) is 0 Å². The number of carbonyl (C=O) groups excluding carboxylic acids is 4. The summed E-state index contributed by atoms with van der Waals surface area (Å²) < 4.78 is 0. The Morgan fingerprint density at radius 1 is 1.19 bits per heavy atom. The monoisotopic (exact) mass is 350 g/mol. The summed E-state index contributed by atoms with van der Waals surface area (Å²) in [6, 6.07) is -0.905. The molecule has 108 valence electrons. The molecule has 1 fully saturated rings. The number of halogens is 1. The zero-order valence-corrected chi connectivity index (χ0v) is 12.5. The Bertz CT molecular complexity index is 674. The van der Waals surface area contributed by atoms with Crippen molar-refractivity contribution in [2.75, 3.05) is 0 Å². The van der Waals surface area contributed by atoms with Crippen LogP contribution in [0.3, 0.4) is 0 Å². The van der Waals surface area contributed by atoms with Gasteiger partial charge in [0.1, 0.15) is 6.04 Å². The van der Waals surface area contributed by atoms with Gasteiger partial charge in [-0.3, -0.25) is 29.4 Å². The molecule has 3 rings (SSSR count). The molecule has 3 aliphatic rings. The molecule has 0 saturated carbocycles. The van der Waals surface area contributed by atoms with Gasteiger partial charge in [0, 0.05) is 24.0 Å². The van der Waals surface area contributed by atoms with Crippen LogP contribution in [0.25, 0.3) is 0 Å². The first kappa shape index (κ1) is 13.9. The Morgan fingerprint density at radius 3 is 2.62 bits per heavy atom. The van der Waals surface area contributed by atoms with Gasteiger partial charge in [-0.2, -0.15) is 0 Å². The molecule has 7 heteroatoms. The van der Waals surface area contributed by atoms with Gasteiger partial charge in [0.2, 0.25) is 11.8 Å². The summed E-state index contributed by atoms with van der Waals surface area (Å²) in [7, 11) is 0. The Labute approximate surface area is 128 Å². The van der Waals surface area contributed by atoms with Crippen molar-refractivity contribution in [3.05, 3.63) is 33.9 Å². The van der Waals surface area contributed by atoms with E-state index >= 15 is 0 Å². The van der Waals surface area contributed by atoms with Crippen LogP contribution >= 0.6 is 15.9 Å². The van der Waals surface area contributed by atoms with Gasteiger partial charge in [-0.1, -0.05) is 22.0 Å². The lowest BCUT2D eigenvalue weighted by molar-refractivity contribution is -0.150. The van der Waals surface area contributed by atoms with Crippen molar-refractivity contribution in [1.82, 2.24) is 10.2 Å². The summed E-state index contributed by atoms with van der Waals surface area (Å²) in [5, 5.41) is 2.17. The van der Waals surface area contributed by atoms with E-state index in [0.717, 1.165) is 10.5 Å². The topological polar surface area (TPSA) is 83.6 Å². The quantitative estimate of drug-likeness (QED) is 0.705. The first-order valence-corrected chi connectivity index (χ1v) is 7.36. The van der Waals surface area contributed by atoms with Crippen LogP contribution in [0.4, 0.5) is 0 Å². The van der Waals surface area contributed by atoms with Gasteiger partial charge in [0.05, 0.1) is 0 Å². The highest BCUT2D eigenvalue weighted by molar-refractivity contribution is 9.11. The predicted octanol–water partition coefficient (Wildman–Crippen LogP) is 0.696. The molecule has 21 heavy (non-hydrogen) atoms. The molecule has 2 heterocycles. The Kier molecular flexibility index (Phi) is 3.36. The molecule has 1 atom stereocenters. The normalized spacial score (nSPS) is 27.6. The van der Waals surface area contributed by atoms with Crippen molar-refractivity contribution < 1.29 is 19.2 Å². The maximum atomic E-state index is 12.4. The molecular formula is C14H11BrN2O4. The van der Waals surface area contributed by atoms with E-state index in [0.29, 0.717) is 17.6 Å². The van der Waals surface area contributed by atoms with Gasteiger partial charge in [0.15, 0.2) is 0 Å². The molecule has 0 aromatic heterocycles. The van der Waals surface area contributed by atoms with Crippen molar-refractivity contribution >= 4 is 39.6 Å². The molecule has 0 aromatic rings. The van der Waals surface area contributed by atoms with E-state index in [1.54, 1.807) is 17.1 Å². The van der Waals surface area contributed by atoms with E-state index in [4.69, 9.17) is 0 Å². The van der Waals surface area contributed by atoms with Crippen LogP contribution < -0.4 is 5.32 Å². The van der Waals surface area contributed by atoms with Gasteiger partial charge in [-0.15, -0.1) is 0 Å². The molecular weight excluding hydrogens is 340 g/mol. The average molecular weight is 351 g/mol. The molecule has 0 spiro atoms. The lowest BCUT2D eigenvalue weighted by Crippen LogP contribution is -2.54. The van der Waals surface area contributed by atoms with Crippen LogP contribution in [0.1, 0.15) is 19.3 Å². The van der Waals surface area contributed by atoms with E-state index in [-0.39, 0.29) is 18.7 Å². The Morgan fingerprint density at radius 2 is 1.95 bits per heavy atom. The van der Waals surface area contributed by atoms with Crippen molar-refractivity contribution in [3.8, 4) is 0 Å². The minimum absolute atomic E-state index is 0.126. The van der Waals surface area contributed by atoms with Crippen molar-refractivity contribution in [3.63, 3.8) is 0 Å². The van der Waals surface area contributed by atoms with Gasteiger partial charge in [0.25, 0.3) is 11.8 Å². The smallest absolute Gasteiger partial charge is 0.261 e. The van der Waals surface area contributed by atoms with Crippen LogP contribution in [0.15, 0.2) is 33.9 Å². The van der Waals surface area contributed by atoms with Crippen LogP contribution in [0, 0.1) is 0 Å². The molecule has 0 bridgehead atoms. The zero-order chi connectivity index (χ0) is 15.1. The van der Waals surface area contributed by atoms with Crippen LogP contribution in [0.2, 0.25) is 0 Å². The van der Waals surface area contributed by atoms with Crippen molar-refractivity contribution in [1.29, 1.82) is 0 Å². The second kappa shape index (κ2) is 5.07. The number of piperidine rings is 1. The summed E-state index contributed by atoms with van der Waals surface area (Å²) in [6.07, 6.45) is 4.00. The second-order valence-corrected chi connectivity index (χ2v) is 5.49. The molecule has 1 N–H and O–H groups in total. The Hall–Kier alpha value is -2.02. The predicted molar refractivity (Wildman–Crippen MR) is 75.8 cm³/mol. The van der Waals surface area contributed by atoms with E-state index in [2.05, 4.69) is 21.2 Å². The second-order valence-electron chi connectivity index (χ2n) is 5.03. The summed E-state index contributed by atoms with van der Waals surface area (Å²) >= 11 is 3.20. The minimum Gasteiger partial charge on any atom is -0.295 e. The number of amides is 4. The number of hydrogen-bond acceptors (Lipinski definition) is 4. The summed E-state index contributed by atoms with van der Waals surface area (Å²) in [5.74, 6) is -1.87. The van der Waals surface area contributed by atoms with E-state index < -0.39 is 23.8 Å². The number of nitrogens with zero attached hydrogens (tertiary/aromatic N) is 1. The SMILES string of the molecule is O=C1CCC(N2C(=O)C3=C(CC(=CBr)C=C3)C2=O)C(=O)N1. The molecule has 1 aliphatic carbocycles. The van der Waals surface area contributed by atoms with Crippen LogP contribution in [0.5, 0.6) is 0 Å². The molecule has 6 nitrogen and oxygen atoms in total. The first-order chi connectivity index (χ1) is 10.0. The third kappa shape index (κ3) is 2.17. The largest absolute Gasteiger partial charge is 0.295 e. The fourth-order valence-corrected chi connectivity index (χ4v) is 3.01. The fourth-order valence-electron chi connectivity index (χ4n) is 2.69. The highest BCUT2D eigenvalue weighted by Gasteiger charge is 2.45. The number of imide groups is 2. The number of hydrogen-bond donors (Lipinski definition) is 1. The highest BCUT2D eigenvalue weighted by Crippen LogP contribution is 2.34. The molecule has 0 aromatic carbocycles. The van der Waals surface area contributed by atoms with E-state index in [1.807, 2.05) is 0 Å². The molecule has 1 unspecified atom stereocenters. The number of nitrogens with one attached hydrogen (secondary N) is 1. The maximum absolute atomic E-state index is 12.4. The minimum atomic E-state index is -0.905. The van der Waals surface area contributed by atoms with Gasteiger partial charge in [-0.25, -0.2) is 0 Å². The average Bonchev–Trinajstić information content (AvgIpc) is 2.71. The number of carbonyl (C=O) groups is 4. The highest BCUT2D eigenvalue weighted by atomic mass is 79.9. The Balaban J connectivity index is 1.90. The summed E-state index contributed by atoms with van der Waals surface area (Å²) in [6.45, 7) is 0. The maximum Gasteiger partial charge on any atom is 0.261 e. The van der Waals surface area contributed by atoms with Crippen LogP contribution in [-0.2, 0) is 19.2 Å². The lowest BCUT2D eigenvalue weighted by atomic mass is 9.96. The van der Waals surface area contributed by atoms with Crippen LogP contribution in [-0.4, -0.2) is 34.6 Å². The molecule has 2 aliphatic heterocycles. The van der Waals surface area contributed by atoms with Gasteiger partial charge in [-0.05, 0) is 23.1 Å². The molecule has 0 radical (unpaired) electrons. The molecule has 1 saturated heterocycles. The standard InChI is InChI=1S/C14H11BrN2O4/c15-6-7-1-2-8-9(5-7)14(21)17(13(8)20)10-3-4-11(18)16-12(10)19/h1-2,6,10H,3-5H2,(H,16,18,19). The lowest BCUT2D eigenvalue weighted by Gasteiger charge is -2.28. The summed E-state index contributed by atoms with van der Waals surface area (Å²) in [5.41, 5.74) is 1.61. The third-order valence-corrected chi connectivity index (χ3v) is 4.35. The fraction of sp³-hybridized carbons (Fsp3) is 0.286. The number of rotatable bonds is 1. The number of allylic oxidation sites excluding steroid dienone is 2. The van der Waals surface area contributed by atoms with Gasteiger partial charge >= 0.3 is 0 Å². The van der Waals surface area contributed by atoms with Crippen molar-refractivity contribution in [2.45, 2.75) is 25.3 Å². The summed E-state index contributed by atoms with van der Waals surface area (Å²) in [4.78, 5) is 50.5. The van der Waals surface area contributed by atoms with E-state index in [1.165, 1.54) is 0 Å². The molecule has 4 amide bonds.